The van der Waals surface area contributed by atoms with Crippen LogP contribution in [0.25, 0.3) is 10.9 Å². The van der Waals surface area contributed by atoms with Crippen LogP contribution in [0.5, 0.6) is 0 Å². The van der Waals surface area contributed by atoms with Crippen molar-refractivity contribution in [1.82, 2.24) is 9.47 Å². The summed E-state index contributed by atoms with van der Waals surface area (Å²) in [7, 11) is 0. The highest BCUT2D eigenvalue weighted by molar-refractivity contribution is 5.94. The van der Waals surface area contributed by atoms with E-state index in [-0.39, 0.29) is 24.8 Å². The van der Waals surface area contributed by atoms with Gasteiger partial charge in [0.15, 0.2) is 0 Å². The van der Waals surface area contributed by atoms with Crippen molar-refractivity contribution in [2.24, 2.45) is 0 Å². The molecule has 0 atom stereocenters. The van der Waals surface area contributed by atoms with Gasteiger partial charge in [-0.25, -0.2) is 4.39 Å². The molecular weight excluding hydrogens is 393 g/mol. The molecule has 5 nitrogen and oxygen atoms in total. The molecule has 0 saturated carbocycles. The van der Waals surface area contributed by atoms with Crippen LogP contribution in [-0.4, -0.2) is 46.7 Å². The van der Waals surface area contributed by atoms with E-state index in [2.05, 4.69) is 27.8 Å². The standard InChI is InChI=1S/C25H30FN3O2/c1-18-16-20-4-7-22(27-25(31)11-15-30)17-24(20)29(18)23-9-13-28(14-10-23)12-8-19-2-5-21(26)6-3-19/h2-7,16-17,23,30H,8-15H2,1H3,(H,27,31). The van der Waals surface area contributed by atoms with E-state index in [1.807, 2.05) is 30.3 Å². The van der Waals surface area contributed by atoms with E-state index in [0.717, 1.165) is 50.1 Å². The molecule has 1 amide bonds. The SMILES string of the molecule is Cc1cc2ccc(NC(=O)CCO)cc2n1C1CCN(CCc2ccc(F)cc2)CC1. The summed E-state index contributed by atoms with van der Waals surface area (Å²) >= 11 is 0. The van der Waals surface area contributed by atoms with Crippen LogP contribution in [-0.2, 0) is 11.2 Å². The molecule has 1 saturated heterocycles. The highest BCUT2D eigenvalue weighted by Gasteiger charge is 2.23. The molecule has 2 N–H and O–H groups in total. The number of benzene rings is 2. The van der Waals surface area contributed by atoms with E-state index >= 15 is 0 Å². The molecule has 2 aromatic carbocycles. The van der Waals surface area contributed by atoms with Crippen LogP contribution in [0.4, 0.5) is 10.1 Å². The van der Waals surface area contributed by atoms with Gasteiger partial charge in [-0.3, -0.25) is 4.79 Å². The summed E-state index contributed by atoms with van der Waals surface area (Å²) in [5.41, 5.74) is 4.32. The first-order valence-corrected chi connectivity index (χ1v) is 11.0. The third kappa shape index (κ3) is 5.14. The molecule has 164 valence electrons. The number of hydrogen-bond acceptors (Lipinski definition) is 3. The lowest BCUT2D eigenvalue weighted by Gasteiger charge is -2.34. The fourth-order valence-corrected chi connectivity index (χ4v) is 4.59. The minimum atomic E-state index is -0.185. The van der Waals surface area contributed by atoms with Crippen LogP contribution in [0.3, 0.4) is 0 Å². The van der Waals surface area contributed by atoms with Crippen LogP contribution < -0.4 is 5.32 Å². The first-order valence-electron chi connectivity index (χ1n) is 11.0. The Hall–Kier alpha value is -2.70. The number of anilines is 1. The summed E-state index contributed by atoms with van der Waals surface area (Å²) in [6.45, 7) is 5.06. The lowest BCUT2D eigenvalue weighted by atomic mass is 10.0. The zero-order valence-electron chi connectivity index (χ0n) is 18.0. The third-order valence-corrected chi connectivity index (χ3v) is 6.21. The maximum absolute atomic E-state index is 13.1. The second-order valence-electron chi connectivity index (χ2n) is 8.40. The van der Waals surface area contributed by atoms with Gasteiger partial charge < -0.3 is 19.9 Å². The Morgan fingerprint density at radius 3 is 2.58 bits per heavy atom. The summed E-state index contributed by atoms with van der Waals surface area (Å²) in [5, 5.41) is 13.0. The van der Waals surface area contributed by atoms with Gasteiger partial charge in [0.1, 0.15) is 5.82 Å². The van der Waals surface area contributed by atoms with E-state index in [9.17, 15) is 9.18 Å². The van der Waals surface area contributed by atoms with E-state index in [4.69, 9.17) is 5.11 Å². The van der Waals surface area contributed by atoms with Crippen LogP contribution in [0.2, 0.25) is 0 Å². The number of aliphatic hydroxyl groups is 1. The summed E-state index contributed by atoms with van der Waals surface area (Å²) < 4.78 is 15.5. The maximum atomic E-state index is 13.1. The van der Waals surface area contributed by atoms with Crippen LogP contribution >= 0.6 is 0 Å². The number of rotatable bonds is 7. The molecule has 6 heteroatoms. The van der Waals surface area contributed by atoms with Crippen LogP contribution in [0.15, 0.2) is 48.5 Å². The lowest BCUT2D eigenvalue weighted by Crippen LogP contribution is -2.36. The summed E-state index contributed by atoms with van der Waals surface area (Å²) in [6.07, 6.45) is 3.20. The van der Waals surface area contributed by atoms with E-state index in [0.29, 0.717) is 6.04 Å². The molecule has 3 aromatic rings. The van der Waals surface area contributed by atoms with Gasteiger partial charge in [0, 0.05) is 42.4 Å². The second-order valence-corrected chi connectivity index (χ2v) is 8.40. The number of fused-ring (bicyclic) bond motifs is 1. The van der Waals surface area contributed by atoms with Gasteiger partial charge in [0.25, 0.3) is 0 Å². The maximum Gasteiger partial charge on any atom is 0.226 e. The number of likely N-dealkylation sites (tertiary alicyclic amines) is 1. The number of halogens is 1. The fourth-order valence-electron chi connectivity index (χ4n) is 4.59. The molecule has 0 spiro atoms. The molecule has 0 bridgehead atoms. The normalized spacial score (nSPS) is 15.5. The molecule has 1 aliphatic heterocycles. The van der Waals surface area contributed by atoms with Crippen molar-refractivity contribution in [1.29, 1.82) is 0 Å². The van der Waals surface area contributed by atoms with Crippen molar-refractivity contribution >= 4 is 22.5 Å². The number of amides is 1. The Labute approximate surface area is 182 Å². The van der Waals surface area contributed by atoms with Gasteiger partial charge >= 0.3 is 0 Å². The molecule has 0 aliphatic carbocycles. The van der Waals surface area contributed by atoms with Crippen LogP contribution in [0, 0.1) is 12.7 Å². The number of piperidine rings is 1. The van der Waals surface area contributed by atoms with Crippen molar-refractivity contribution in [2.75, 3.05) is 31.6 Å². The highest BCUT2D eigenvalue weighted by atomic mass is 19.1. The molecule has 0 radical (unpaired) electrons. The zero-order chi connectivity index (χ0) is 21.8. The molecule has 31 heavy (non-hydrogen) atoms. The average Bonchev–Trinajstić information content (AvgIpc) is 3.09. The van der Waals surface area contributed by atoms with Gasteiger partial charge in [0.05, 0.1) is 18.5 Å². The van der Waals surface area contributed by atoms with E-state index in [1.165, 1.54) is 28.8 Å². The van der Waals surface area contributed by atoms with Crippen molar-refractivity contribution in [3.8, 4) is 0 Å². The molecule has 2 heterocycles. The molecule has 1 aliphatic rings. The molecule has 1 fully saturated rings. The minimum absolute atomic E-state index is 0.106. The average molecular weight is 424 g/mol. The zero-order valence-corrected chi connectivity index (χ0v) is 18.0. The minimum Gasteiger partial charge on any atom is -0.396 e. The first kappa shape index (κ1) is 21.5. The smallest absolute Gasteiger partial charge is 0.226 e. The van der Waals surface area contributed by atoms with Gasteiger partial charge in [-0.1, -0.05) is 18.2 Å². The summed E-state index contributed by atoms with van der Waals surface area (Å²) in [4.78, 5) is 14.3. The Kier molecular flexibility index (Phi) is 6.68. The molecule has 0 unspecified atom stereocenters. The topological polar surface area (TPSA) is 57.5 Å². The lowest BCUT2D eigenvalue weighted by molar-refractivity contribution is -0.116. The number of aliphatic hydroxyl groups excluding tert-OH is 1. The largest absolute Gasteiger partial charge is 0.396 e. The molecular formula is C25H30FN3O2. The van der Waals surface area contributed by atoms with Crippen molar-refractivity contribution in [3.63, 3.8) is 0 Å². The number of aryl methyl sites for hydroxylation is 1. The summed E-state index contributed by atoms with van der Waals surface area (Å²) in [6, 6.07) is 15.4. The fraction of sp³-hybridized carbons (Fsp3) is 0.400. The molecule has 4 rings (SSSR count). The summed E-state index contributed by atoms with van der Waals surface area (Å²) in [5.74, 6) is -0.360. The van der Waals surface area contributed by atoms with Crippen molar-refractivity contribution < 1.29 is 14.3 Å². The van der Waals surface area contributed by atoms with Gasteiger partial charge in [0.2, 0.25) is 5.91 Å². The Bertz CT molecular complexity index is 1040. The number of nitrogens with zero attached hydrogens (tertiary/aromatic N) is 2. The Balaban J connectivity index is 1.41. The van der Waals surface area contributed by atoms with Crippen molar-refractivity contribution in [2.45, 2.75) is 38.6 Å². The number of nitrogens with one attached hydrogen (secondary N) is 1. The van der Waals surface area contributed by atoms with E-state index in [1.54, 1.807) is 0 Å². The van der Waals surface area contributed by atoms with Gasteiger partial charge in [-0.2, -0.15) is 0 Å². The molecule has 1 aromatic heterocycles. The van der Waals surface area contributed by atoms with Crippen molar-refractivity contribution in [3.05, 3.63) is 65.6 Å². The monoisotopic (exact) mass is 423 g/mol. The Morgan fingerprint density at radius 1 is 1.13 bits per heavy atom. The predicted molar refractivity (Wildman–Crippen MR) is 122 cm³/mol. The number of carbonyl (C=O) groups is 1. The number of hydrogen-bond donors (Lipinski definition) is 2. The highest BCUT2D eigenvalue weighted by Crippen LogP contribution is 2.32. The van der Waals surface area contributed by atoms with Gasteiger partial charge in [-0.05, 0) is 62.1 Å². The van der Waals surface area contributed by atoms with Crippen LogP contribution in [0.1, 0.15) is 36.6 Å². The first-order chi connectivity index (χ1) is 15.0. The van der Waals surface area contributed by atoms with E-state index < -0.39 is 0 Å². The van der Waals surface area contributed by atoms with Gasteiger partial charge in [-0.15, -0.1) is 0 Å². The third-order valence-electron chi connectivity index (χ3n) is 6.21. The number of carbonyl (C=O) groups excluding carboxylic acids is 1. The quantitative estimate of drug-likeness (QED) is 0.596. The Morgan fingerprint density at radius 2 is 1.87 bits per heavy atom. The predicted octanol–water partition coefficient (Wildman–Crippen LogP) is 4.29. The number of aromatic nitrogens is 1. The second kappa shape index (κ2) is 9.62.